The van der Waals surface area contributed by atoms with E-state index >= 15 is 0 Å². The number of hydrogen-bond donors (Lipinski definition) is 4. The molecule has 16 N–H and O–H groups in total. The van der Waals surface area contributed by atoms with Crippen molar-refractivity contribution >= 4 is 0 Å². The fraction of sp³-hybridized carbons (Fsp3) is 1.00. The van der Waals surface area contributed by atoms with Gasteiger partial charge in [0.1, 0.15) is 0 Å². The van der Waals surface area contributed by atoms with E-state index in [4.69, 9.17) is 20.4 Å². The van der Waals surface area contributed by atoms with Gasteiger partial charge < -0.3 is 53.3 Å². The molecule has 0 aromatic rings. The van der Waals surface area contributed by atoms with Crippen LogP contribution in [0.15, 0.2) is 0 Å². The molecule has 0 aromatic carbocycles. The Labute approximate surface area is 123 Å². The average Bonchev–Trinajstić information content (AvgIpc) is 1.88. The van der Waals surface area contributed by atoms with Gasteiger partial charge in [0.25, 0.3) is 0 Å². The summed E-state index contributed by atoms with van der Waals surface area (Å²) in [7, 11) is 0. The fourth-order valence-corrected chi connectivity index (χ4v) is 0. The molecule has 0 fully saturated rings. The molecule has 0 bridgehead atoms. The standard InChI is InChI=1S/2C2H6O2.6H2O.2Ti/c2*3-1-2-4;;;;;;;;/h2*3-4H,1-2H2;6*1H2;;. The number of aliphatic hydroxyl groups is 4. The largest absolute Gasteiger partial charge is 0.412 e. The minimum absolute atomic E-state index is 0. The van der Waals surface area contributed by atoms with Crippen LogP contribution in [-0.2, 0) is 43.4 Å². The predicted molar refractivity (Wildman–Crippen MR) is 50.0 cm³/mol. The molecule has 12 heteroatoms. The molecule has 0 rings (SSSR count). The summed E-state index contributed by atoms with van der Waals surface area (Å²) in [6.45, 7) is -0.500. The van der Waals surface area contributed by atoms with Crippen molar-refractivity contribution in [3.05, 3.63) is 0 Å². The van der Waals surface area contributed by atoms with Crippen LogP contribution in [0.3, 0.4) is 0 Å². The Morgan fingerprint density at radius 3 is 0.438 bits per heavy atom. The van der Waals surface area contributed by atoms with Gasteiger partial charge in [0.05, 0.1) is 26.4 Å². The van der Waals surface area contributed by atoms with E-state index in [1.807, 2.05) is 0 Å². The molecule has 16 heavy (non-hydrogen) atoms. The van der Waals surface area contributed by atoms with Crippen molar-refractivity contribution in [3.63, 3.8) is 0 Å². The first kappa shape index (κ1) is 88.6. The second kappa shape index (κ2) is 143. The van der Waals surface area contributed by atoms with Crippen LogP contribution in [0.1, 0.15) is 0 Å². The molecule has 0 radical (unpaired) electrons. The molecule has 0 aliphatic carbocycles. The zero-order valence-electron chi connectivity index (χ0n) is 8.62. The third kappa shape index (κ3) is 322. The maximum atomic E-state index is 7.62. The zero-order chi connectivity index (χ0) is 6.83. The van der Waals surface area contributed by atoms with Crippen molar-refractivity contribution in [3.8, 4) is 0 Å². The number of aliphatic hydroxyl groups excluding tert-OH is 4. The first-order chi connectivity index (χ1) is 3.83. The van der Waals surface area contributed by atoms with Gasteiger partial charge in [-0.15, -0.1) is 0 Å². The first-order valence-corrected chi connectivity index (χ1v) is 2.26. The van der Waals surface area contributed by atoms with Crippen LogP contribution >= 0.6 is 0 Å². The molecule has 0 saturated carbocycles. The van der Waals surface area contributed by atoms with Gasteiger partial charge in [-0.3, -0.25) is 0 Å². The summed E-state index contributed by atoms with van der Waals surface area (Å²) < 4.78 is 0. The van der Waals surface area contributed by atoms with Gasteiger partial charge >= 0.3 is 0 Å². The molecule has 0 aromatic heterocycles. The summed E-state index contributed by atoms with van der Waals surface area (Å²) in [4.78, 5) is 0. The third-order valence-electron chi connectivity index (χ3n) is 0.200. The average molecular weight is 328 g/mol. The Hall–Kier alpha value is 1.03. The van der Waals surface area contributed by atoms with Crippen molar-refractivity contribution in [2.45, 2.75) is 0 Å². The van der Waals surface area contributed by atoms with Crippen molar-refractivity contribution in [2.75, 3.05) is 26.4 Å². The molecular formula is C4H24O10Ti2. The molecule has 0 aliphatic rings. The van der Waals surface area contributed by atoms with Gasteiger partial charge in [-0.1, -0.05) is 0 Å². The molecular weight excluding hydrogens is 304 g/mol. The normalized spacial score (nSPS) is 3.75. The van der Waals surface area contributed by atoms with Gasteiger partial charge in [0, 0.05) is 43.4 Å². The molecule has 108 valence electrons. The van der Waals surface area contributed by atoms with Crippen LogP contribution in [0, 0.1) is 0 Å². The van der Waals surface area contributed by atoms with Crippen molar-refractivity contribution < 1.29 is 96.7 Å². The Bertz CT molecular complexity index is 28.8. The Balaban J connectivity index is -0.00000000375. The van der Waals surface area contributed by atoms with Crippen LogP contribution in [0.5, 0.6) is 0 Å². The molecule has 0 saturated heterocycles. The minimum Gasteiger partial charge on any atom is -0.412 e. The summed E-state index contributed by atoms with van der Waals surface area (Å²) in [6, 6.07) is 0. The van der Waals surface area contributed by atoms with E-state index in [-0.39, 0.29) is 103 Å². The smallest absolute Gasteiger partial charge is 0.0662 e. The molecule has 0 heterocycles. The summed E-state index contributed by atoms with van der Waals surface area (Å²) in [5.41, 5.74) is 0. The summed E-state index contributed by atoms with van der Waals surface area (Å²) in [5, 5.41) is 30.5. The van der Waals surface area contributed by atoms with Crippen LogP contribution in [0.4, 0.5) is 0 Å². The van der Waals surface area contributed by atoms with E-state index in [2.05, 4.69) is 0 Å². The van der Waals surface area contributed by atoms with Gasteiger partial charge in [-0.05, 0) is 0 Å². The second-order valence-electron chi connectivity index (χ2n) is 0.894. The van der Waals surface area contributed by atoms with Gasteiger partial charge in [0.2, 0.25) is 0 Å². The molecule has 0 atom stereocenters. The van der Waals surface area contributed by atoms with Crippen LogP contribution in [-0.4, -0.2) is 79.7 Å². The minimum atomic E-state index is -0.125. The summed E-state index contributed by atoms with van der Waals surface area (Å²) >= 11 is 0. The Kier molecular flexibility index (Phi) is 792. The first-order valence-electron chi connectivity index (χ1n) is 2.26. The molecule has 0 aliphatic heterocycles. The monoisotopic (exact) mass is 328 g/mol. The zero-order valence-corrected chi connectivity index (χ0v) is 11.7. The second-order valence-corrected chi connectivity index (χ2v) is 0.894. The van der Waals surface area contributed by atoms with E-state index in [0.717, 1.165) is 0 Å². The van der Waals surface area contributed by atoms with E-state index in [1.165, 1.54) is 0 Å². The van der Waals surface area contributed by atoms with Gasteiger partial charge in [-0.25, -0.2) is 0 Å². The van der Waals surface area contributed by atoms with Crippen molar-refractivity contribution in [2.24, 2.45) is 0 Å². The van der Waals surface area contributed by atoms with Gasteiger partial charge in [-0.2, -0.15) is 0 Å². The quantitative estimate of drug-likeness (QED) is 0.359. The number of hydrogen-bond acceptors (Lipinski definition) is 4. The molecule has 0 amide bonds. The van der Waals surface area contributed by atoms with Crippen LogP contribution in [0.2, 0.25) is 0 Å². The van der Waals surface area contributed by atoms with E-state index in [1.54, 1.807) is 0 Å². The Morgan fingerprint density at radius 1 is 0.375 bits per heavy atom. The van der Waals surface area contributed by atoms with E-state index in [9.17, 15) is 0 Å². The molecule has 0 unspecified atom stereocenters. The predicted octanol–water partition coefficient (Wildman–Crippen LogP) is -7.01. The summed E-state index contributed by atoms with van der Waals surface area (Å²) in [6.07, 6.45) is 0. The SMILES string of the molecule is O.O.O.O.O.O.OCCO.OCCO.[Ti].[Ti]. The van der Waals surface area contributed by atoms with E-state index in [0.29, 0.717) is 0 Å². The van der Waals surface area contributed by atoms with Crippen LogP contribution in [0.25, 0.3) is 0 Å². The summed E-state index contributed by atoms with van der Waals surface area (Å²) in [5.74, 6) is 0. The fourth-order valence-electron chi connectivity index (χ4n) is 0. The van der Waals surface area contributed by atoms with Crippen molar-refractivity contribution in [1.82, 2.24) is 0 Å². The maximum absolute atomic E-state index is 7.62. The third-order valence-corrected chi connectivity index (χ3v) is 0.200. The van der Waals surface area contributed by atoms with Gasteiger partial charge in [0.15, 0.2) is 0 Å². The maximum Gasteiger partial charge on any atom is 0.0662 e. The topological polar surface area (TPSA) is 270 Å². The Morgan fingerprint density at radius 2 is 0.438 bits per heavy atom. The molecule has 10 nitrogen and oxygen atoms in total. The van der Waals surface area contributed by atoms with E-state index < -0.39 is 0 Å². The molecule has 0 spiro atoms. The van der Waals surface area contributed by atoms with Crippen molar-refractivity contribution in [1.29, 1.82) is 0 Å². The number of rotatable bonds is 2. The van der Waals surface area contributed by atoms with Crippen LogP contribution < -0.4 is 0 Å².